The van der Waals surface area contributed by atoms with Gasteiger partial charge in [-0.1, -0.05) is 28.1 Å². The van der Waals surface area contributed by atoms with Gasteiger partial charge in [0, 0.05) is 17.1 Å². The lowest BCUT2D eigenvalue weighted by Crippen LogP contribution is -2.12. The number of aromatic nitrogens is 1. The van der Waals surface area contributed by atoms with E-state index in [0.717, 1.165) is 10.9 Å². The molecule has 98 valence electrons. The number of amides is 1. The molecule has 1 heterocycles. The fourth-order valence-corrected chi connectivity index (χ4v) is 1.87. The Morgan fingerprint density at radius 1 is 1.26 bits per heavy atom. The van der Waals surface area contributed by atoms with Crippen LogP contribution < -0.4 is 5.32 Å². The van der Waals surface area contributed by atoms with Crippen molar-refractivity contribution in [1.29, 1.82) is 0 Å². The predicted octanol–water partition coefficient (Wildman–Crippen LogP) is 3.07. The highest BCUT2D eigenvalue weighted by Crippen LogP contribution is 2.14. The average Bonchev–Trinajstić information content (AvgIpc) is 2.89. The molecule has 1 amide bonds. The second-order valence-corrected chi connectivity index (χ2v) is 4.36. The Balaban J connectivity index is 2.08. The topological polar surface area (TPSA) is 88.0 Å². The Kier molecular flexibility index (Phi) is 3.96. The molecule has 0 aliphatic rings. The van der Waals surface area contributed by atoms with Crippen LogP contribution in [0.15, 0.2) is 36.4 Å². The van der Waals surface area contributed by atoms with Gasteiger partial charge in [0.15, 0.2) is 5.69 Å². The molecule has 6 nitrogen and oxygen atoms in total. The van der Waals surface area contributed by atoms with Crippen molar-refractivity contribution in [2.45, 2.75) is 5.33 Å². The number of benzene rings is 1. The predicted molar refractivity (Wildman–Crippen MR) is 74.5 cm³/mol. The number of halogens is 1. The molecule has 1 aromatic carbocycles. The zero-order valence-corrected chi connectivity index (χ0v) is 11.3. The van der Waals surface area contributed by atoms with E-state index in [0.29, 0.717) is 5.69 Å². The number of nitrogens with zero attached hydrogens (tertiary/aromatic N) is 1. The molecule has 2 N–H and O–H groups in total. The third-order valence-electron chi connectivity index (χ3n) is 2.48. The molecule has 2 aromatic rings. The molecule has 2 rings (SSSR count). The number of nitrogens with one attached hydrogen (secondary N) is 2. The van der Waals surface area contributed by atoms with E-state index in [9.17, 15) is 14.9 Å². The van der Waals surface area contributed by atoms with Crippen molar-refractivity contribution in [3.8, 4) is 0 Å². The van der Waals surface area contributed by atoms with Crippen molar-refractivity contribution >= 4 is 33.3 Å². The summed E-state index contributed by atoms with van der Waals surface area (Å²) in [4.78, 5) is 24.2. The van der Waals surface area contributed by atoms with Gasteiger partial charge in [0.25, 0.3) is 5.91 Å². The van der Waals surface area contributed by atoms with Gasteiger partial charge in [0.1, 0.15) is 0 Å². The first-order valence-corrected chi connectivity index (χ1v) is 6.52. The summed E-state index contributed by atoms with van der Waals surface area (Å²) in [6.45, 7) is 0. The number of nitro groups is 1. The first-order valence-electron chi connectivity index (χ1n) is 5.40. The summed E-state index contributed by atoms with van der Waals surface area (Å²) < 4.78 is 0. The summed E-state index contributed by atoms with van der Waals surface area (Å²) in [7, 11) is 0. The molecule has 19 heavy (non-hydrogen) atoms. The fourth-order valence-electron chi connectivity index (χ4n) is 1.50. The Labute approximate surface area is 117 Å². The molecule has 0 aliphatic carbocycles. The van der Waals surface area contributed by atoms with Crippen LogP contribution in [-0.2, 0) is 5.33 Å². The summed E-state index contributed by atoms with van der Waals surface area (Å²) in [5.74, 6) is -0.625. The van der Waals surface area contributed by atoms with Gasteiger partial charge in [-0.25, -0.2) is 4.98 Å². The summed E-state index contributed by atoms with van der Waals surface area (Å²) in [5, 5.41) is 13.9. The first-order chi connectivity index (χ1) is 9.10. The highest BCUT2D eigenvalue weighted by molar-refractivity contribution is 9.08. The van der Waals surface area contributed by atoms with Gasteiger partial charge in [0.05, 0.1) is 0 Å². The van der Waals surface area contributed by atoms with E-state index in [1.807, 2.05) is 12.1 Å². The van der Waals surface area contributed by atoms with E-state index in [1.165, 1.54) is 12.1 Å². The number of carbonyl (C=O) groups is 1. The number of hydrogen-bond donors (Lipinski definition) is 2. The number of carbonyl (C=O) groups excluding carboxylic acids is 1. The molecule has 0 spiro atoms. The minimum atomic E-state index is -0.582. The lowest BCUT2D eigenvalue weighted by Gasteiger charge is -2.03. The molecule has 0 bridgehead atoms. The van der Waals surface area contributed by atoms with Crippen molar-refractivity contribution in [2.24, 2.45) is 0 Å². The summed E-state index contributed by atoms with van der Waals surface area (Å²) in [6, 6.07) is 9.92. The SMILES string of the molecule is O=C(Nc1ccc(CBr)cc1)c1ccc([N+](=O)[O-])[nH]1. The van der Waals surface area contributed by atoms with E-state index in [1.54, 1.807) is 12.1 Å². The van der Waals surface area contributed by atoms with Crippen LogP contribution in [0.25, 0.3) is 0 Å². The lowest BCUT2D eigenvalue weighted by atomic mass is 10.2. The van der Waals surface area contributed by atoms with Crippen LogP contribution >= 0.6 is 15.9 Å². The first kappa shape index (κ1) is 13.3. The third-order valence-corrected chi connectivity index (χ3v) is 3.13. The molecular formula is C12H10BrN3O3. The minimum Gasteiger partial charge on any atom is -0.358 e. The summed E-state index contributed by atoms with van der Waals surface area (Å²) >= 11 is 3.33. The van der Waals surface area contributed by atoms with Gasteiger partial charge >= 0.3 is 5.82 Å². The highest BCUT2D eigenvalue weighted by Gasteiger charge is 2.15. The van der Waals surface area contributed by atoms with Crippen LogP contribution in [0.1, 0.15) is 16.1 Å². The van der Waals surface area contributed by atoms with Crippen LogP contribution in [0.3, 0.4) is 0 Å². The zero-order chi connectivity index (χ0) is 13.8. The second-order valence-electron chi connectivity index (χ2n) is 3.80. The van der Waals surface area contributed by atoms with Crippen molar-refractivity contribution in [1.82, 2.24) is 4.98 Å². The molecule has 0 atom stereocenters. The van der Waals surface area contributed by atoms with Crippen LogP contribution in [-0.4, -0.2) is 15.8 Å². The molecule has 0 saturated heterocycles. The molecule has 0 saturated carbocycles. The Morgan fingerprint density at radius 2 is 1.95 bits per heavy atom. The van der Waals surface area contributed by atoms with Crippen LogP contribution in [0.5, 0.6) is 0 Å². The number of rotatable bonds is 4. The second kappa shape index (κ2) is 5.66. The quantitative estimate of drug-likeness (QED) is 0.515. The number of H-pyrrole nitrogens is 1. The maximum absolute atomic E-state index is 11.8. The summed E-state index contributed by atoms with van der Waals surface area (Å²) in [6.07, 6.45) is 0. The van der Waals surface area contributed by atoms with Gasteiger partial charge < -0.3 is 15.4 Å². The summed E-state index contributed by atoms with van der Waals surface area (Å²) in [5.41, 5.74) is 1.87. The van der Waals surface area contributed by atoms with E-state index in [4.69, 9.17) is 0 Å². The molecular weight excluding hydrogens is 314 g/mol. The average molecular weight is 324 g/mol. The normalized spacial score (nSPS) is 10.2. The van der Waals surface area contributed by atoms with E-state index < -0.39 is 10.8 Å². The standard InChI is InChI=1S/C12H10BrN3O3/c13-7-8-1-3-9(4-2-8)14-12(17)10-5-6-11(15-10)16(18)19/h1-6,15H,7H2,(H,14,17). The molecule has 0 radical (unpaired) electrons. The molecule has 7 heteroatoms. The Hall–Kier alpha value is -2.15. The fraction of sp³-hybridized carbons (Fsp3) is 0.0833. The van der Waals surface area contributed by atoms with Crippen LogP contribution in [0, 0.1) is 10.1 Å². The van der Waals surface area contributed by atoms with E-state index in [-0.39, 0.29) is 11.5 Å². The highest BCUT2D eigenvalue weighted by atomic mass is 79.9. The van der Waals surface area contributed by atoms with Crippen molar-refractivity contribution in [3.05, 3.63) is 57.8 Å². The van der Waals surface area contributed by atoms with Gasteiger partial charge in [0.2, 0.25) is 0 Å². The lowest BCUT2D eigenvalue weighted by molar-refractivity contribution is -0.389. The number of alkyl halides is 1. The maximum Gasteiger partial charge on any atom is 0.321 e. The van der Waals surface area contributed by atoms with E-state index in [2.05, 4.69) is 26.2 Å². The molecule has 0 aliphatic heterocycles. The smallest absolute Gasteiger partial charge is 0.321 e. The largest absolute Gasteiger partial charge is 0.358 e. The monoisotopic (exact) mass is 323 g/mol. The van der Waals surface area contributed by atoms with Crippen LogP contribution in [0.2, 0.25) is 0 Å². The molecule has 0 unspecified atom stereocenters. The minimum absolute atomic E-state index is 0.149. The van der Waals surface area contributed by atoms with E-state index >= 15 is 0 Å². The number of hydrogen-bond acceptors (Lipinski definition) is 3. The molecule has 1 aromatic heterocycles. The Bertz CT molecular complexity index is 607. The number of aromatic amines is 1. The van der Waals surface area contributed by atoms with Gasteiger partial charge in [-0.2, -0.15) is 0 Å². The van der Waals surface area contributed by atoms with Crippen molar-refractivity contribution in [2.75, 3.05) is 5.32 Å². The van der Waals surface area contributed by atoms with Crippen LogP contribution in [0.4, 0.5) is 11.5 Å². The number of anilines is 1. The van der Waals surface area contributed by atoms with Crippen molar-refractivity contribution in [3.63, 3.8) is 0 Å². The zero-order valence-electron chi connectivity index (χ0n) is 9.72. The Morgan fingerprint density at radius 3 is 2.47 bits per heavy atom. The van der Waals surface area contributed by atoms with Crippen molar-refractivity contribution < 1.29 is 9.72 Å². The van der Waals surface area contributed by atoms with Gasteiger partial charge in [-0.05, 0) is 28.7 Å². The molecule has 0 fully saturated rings. The maximum atomic E-state index is 11.8. The van der Waals surface area contributed by atoms with Gasteiger partial charge in [-0.3, -0.25) is 4.79 Å². The third kappa shape index (κ3) is 3.19. The van der Waals surface area contributed by atoms with Gasteiger partial charge in [-0.15, -0.1) is 0 Å².